The number of hydrogen-bond donors (Lipinski definition) is 1. The Kier molecular flexibility index (Phi) is 8.99. The van der Waals surface area contributed by atoms with Gasteiger partial charge in [0.25, 0.3) is 10.0 Å². The van der Waals surface area contributed by atoms with Gasteiger partial charge in [-0.25, -0.2) is 8.42 Å². The average Bonchev–Trinajstić information content (AvgIpc) is 2.88. The molecule has 0 aliphatic carbocycles. The maximum Gasteiger partial charge on any atom is 0.264 e. The molecule has 37 heavy (non-hydrogen) atoms. The van der Waals surface area contributed by atoms with E-state index < -0.39 is 28.5 Å². The highest BCUT2D eigenvalue weighted by atomic mass is 35.5. The Morgan fingerprint density at radius 3 is 2.05 bits per heavy atom. The van der Waals surface area contributed by atoms with Gasteiger partial charge in [-0.3, -0.25) is 13.9 Å². The number of benzene rings is 3. The summed E-state index contributed by atoms with van der Waals surface area (Å²) >= 11 is 6.33. The van der Waals surface area contributed by atoms with E-state index >= 15 is 0 Å². The topological polar surface area (TPSA) is 86.8 Å². The number of amides is 2. The van der Waals surface area contributed by atoms with Crippen molar-refractivity contribution in [2.45, 2.75) is 45.2 Å². The summed E-state index contributed by atoms with van der Waals surface area (Å²) in [5, 5.41) is 2.95. The summed E-state index contributed by atoms with van der Waals surface area (Å²) in [6, 6.07) is 18.1. The van der Waals surface area contributed by atoms with Crippen molar-refractivity contribution in [3.05, 3.63) is 94.0 Å². The number of likely N-dealkylation sites (N-methyl/N-ethyl adjacent to an activating group) is 1. The molecule has 0 fully saturated rings. The number of nitrogens with one attached hydrogen (secondary N) is 1. The molecule has 196 valence electrons. The van der Waals surface area contributed by atoms with Crippen molar-refractivity contribution in [1.82, 2.24) is 10.2 Å². The Hall–Kier alpha value is -3.36. The van der Waals surface area contributed by atoms with E-state index in [2.05, 4.69) is 5.32 Å². The Bertz CT molecular complexity index is 1370. The summed E-state index contributed by atoms with van der Waals surface area (Å²) in [4.78, 5) is 27.8. The first-order valence-electron chi connectivity index (χ1n) is 11.9. The van der Waals surface area contributed by atoms with Gasteiger partial charge in [0, 0.05) is 18.6 Å². The van der Waals surface area contributed by atoms with E-state index in [0.29, 0.717) is 16.3 Å². The molecule has 0 heterocycles. The molecule has 2 amide bonds. The van der Waals surface area contributed by atoms with Crippen LogP contribution in [0.25, 0.3) is 0 Å². The number of nitrogens with zero attached hydrogens (tertiary/aromatic N) is 2. The molecule has 3 aromatic rings. The second-order valence-corrected chi connectivity index (χ2v) is 11.3. The fraction of sp³-hybridized carbons (Fsp3) is 0.286. The normalized spacial score (nSPS) is 12.1. The van der Waals surface area contributed by atoms with Crippen LogP contribution in [0, 0.1) is 20.8 Å². The van der Waals surface area contributed by atoms with Gasteiger partial charge in [0.05, 0.1) is 10.6 Å². The number of rotatable bonds is 9. The van der Waals surface area contributed by atoms with E-state index in [-0.39, 0.29) is 17.3 Å². The molecule has 0 unspecified atom stereocenters. The number of carbonyl (C=O) groups excluding carboxylic acids is 2. The largest absolute Gasteiger partial charge is 0.357 e. The van der Waals surface area contributed by atoms with Crippen LogP contribution < -0.4 is 9.62 Å². The van der Waals surface area contributed by atoms with E-state index in [0.717, 1.165) is 21.0 Å². The fourth-order valence-electron chi connectivity index (χ4n) is 3.90. The first-order valence-corrected chi connectivity index (χ1v) is 13.7. The van der Waals surface area contributed by atoms with Crippen molar-refractivity contribution in [2.24, 2.45) is 0 Å². The molecular formula is C28H32ClN3O4S. The molecule has 3 aromatic carbocycles. The summed E-state index contributed by atoms with van der Waals surface area (Å²) in [5.74, 6) is -0.876. The zero-order valence-electron chi connectivity index (χ0n) is 21.7. The molecule has 0 saturated carbocycles. The molecule has 1 atom stereocenters. The van der Waals surface area contributed by atoms with Gasteiger partial charge < -0.3 is 10.2 Å². The van der Waals surface area contributed by atoms with Gasteiger partial charge in [0.2, 0.25) is 11.8 Å². The minimum absolute atomic E-state index is 0.0507. The van der Waals surface area contributed by atoms with Gasteiger partial charge >= 0.3 is 0 Å². The van der Waals surface area contributed by atoms with Crippen LogP contribution in [0.15, 0.2) is 71.6 Å². The smallest absolute Gasteiger partial charge is 0.264 e. The first-order chi connectivity index (χ1) is 17.4. The number of carbonyl (C=O) groups is 2. The predicted octanol–water partition coefficient (Wildman–Crippen LogP) is 4.62. The van der Waals surface area contributed by atoms with Gasteiger partial charge in [-0.1, -0.05) is 65.2 Å². The minimum Gasteiger partial charge on any atom is -0.357 e. The third kappa shape index (κ3) is 6.50. The van der Waals surface area contributed by atoms with Crippen LogP contribution in [0.3, 0.4) is 0 Å². The number of aryl methyl sites for hydroxylation is 2. The van der Waals surface area contributed by atoms with Crippen LogP contribution in [0.2, 0.25) is 5.02 Å². The second kappa shape index (κ2) is 11.8. The Morgan fingerprint density at radius 2 is 1.49 bits per heavy atom. The molecule has 1 N–H and O–H groups in total. The molecule has 0 aliphatic heterocycles. The number of halogens is 1. The lowest BCUT2D eigenvalue weighted by Crippen LogP contribution is -2.50. The summed E-state index contributed by atoms with van der Waals surface area (Å²) in [6.45, 7) is 6.78. The first kappa shape index (κ1) is 28.2. The van der Waals surface area contributed by atoms with Gasteiger partial charge in [-0.2, -0.15) is 0 Å². The van der Waals surface area contributed by atoms with Crippen molar-refractivity contribution in [2.75, 3.05) is 17.9 Å². The van der Waals surface area contributed by atoms with Gasteiger partial charge in [0.15, 0.2) is 0 Å². The molecule has 3 rings (SSSR count). The predicted molar refractivity (Wildman–Crippen MR) is 147 cm³/mol. The third-order valence-corrected chi connectivity index (χ3v) is 8.47. The summed E-state index contributed by atoms with van der Waals surface area (Å²) in [6.07, 6.45) is 0. The molecule has 0 bridgehead atoms. The Morgan fingerprint density at radius 1 is 0.919 bits per heavy atom. The molecule has 0 aromatic heterocycles. The molecule has 9 heteroatoms. The summed E-state index contributed by atoms with van der Waals surface area (Å²) in [7, 11) is -2.65. The van der Waals surface area contributed by atoms with Gasteiger partial charge in [-0.15, -0.1) is 0 Å². The van der Waals surface area contributed by atoms with E-state index in [1.165, 1.54) is 24.1 Å². The standard InChI is InChI=1S/C28H32ClN3O4S/c1-19-9-13-23(14-10-19)17-31(22(4)28(34)30-5)27(33)18-32(26-8-6-7-25(29)21(26)3)37(35,36)24-15-11-20(2)12-16-24/h6-16,22H,17-18H2,1-5H3,(H,30,34)/t22-/m0/s1. The van der Waals surface area contributed by atoms with E-state index in [1.807, 2.05) is 38.1 Å². The second-order valence-electron chi connectivity index (χ2n) is 9.01. The van der Waals surface area contributed by atoms with Crippen molar-refractivity contribution >= 4 is 39.1 Å². The van der Waals surface area contributed by atoms with Crippen LogP contribution in [0.5, 0.6) is 0 Å². The van der Waals surface area contributed by atoms with Crippen molar-refractivity contribution in [3.63, 3.8) is 0 Å². The highest BCUT2D eigenvalue weighted by Gasteiger charge is 2.33. The Balaban J connectivity index is 2.07. The fourth-order valence-corrected chi connectivity index (χ4v) is 5.54. The van der Waals surface area contributed by atoms with Crippen molar-refractivity contribution in [3.8, 4) is 0 Å². The van der Waals surface area contributed by atoms with Crippen LogP contribution in [0.1, 0.15) is 29.2 Å². The number of anilines is 1. The molecular weight excluding hydrogens is 510 g/mol. The average molecular weight is 542 g/mol. The summed E-state index contributed by atoms with van der Waals surface area (Å²) in [5.41, 5.74) is 3.61. The number of sulfonamides is 1. The van der Waals surface area contributed by atoms with Crippen LogP contribution >= 0.6 is 11.6 Å². The lowest BCUT2D eigenvalue weighted by atomic mass is 10.1. The molecule has 0 radical (unpaired) electrons. The van der Waals surface area contributed by atoms with Crippen LogP contribution in [-0.4, -0.2) is 44.8 Å². The van der Waals surface area contributed by atoms with Crippen LogP contribution in [-0.2, 0) is 26.2 Å². The quantitative estimate of drug-likeness (QED) is 0.428. The lowest BCUT2D eigenvalue weighted by Gasteiger charge is -2.32. The Labute approximate surface area is 224 Å². The zero-order valence-corrected chi connectivity index (χ0v) is 23.2. The van der Waals surface area contributed by atoms with E-state index in [1.54, 1.807) is 44.2 Å². The highest BCUT2D eigenvalue weighted by Crippen LogP contribution is 2.31. The highest BCUT2D eigenvalue weighted by molar-refractivity contribution is 7.92. The third-order valence-electron chi connectivity index (χ3n) is 6.28. The monoisotopic (exact) mass is 541 g/mol. The van der Waals surface area contributed by atoms with E-state index in [9.17, 15) is 18.0 Å². The molecule has 0 aliphatic rings. The van der Waals surface area contributed by atoms with Crippen molar-refractivity contribution in [1.29, 1.82) is 0 Å². The molecule has 0 saturated heterocycles. The van der Waals surface area contributed by atoms with Gasteiger partial charge in [-0.05, 0) is 63.1 Å². The lowest BCUT2D eigenvalue weighted by molar-refractivity contribution is -0.139. The molecule has 0 spiro atoms. The maximum absolute atomic E-state index is 13.9. The maximum atomic E-state index is 13.9. The minimum atomic E-state index is -4.14. The number of hydrogen-bond acceptors (Lipinski definition) is 4. The van der Waals surface area contributed by atoms with Crippen LogP contribution in [0.4, 0.5) is 5.69 Å². The van der Waals surface area contributed by atoms with E-state index in [4.69, 9.17) is 11.6 Å². The molecule has 7 nitrogen and oxygen atoms in total. The van der Waals surface area contributed by atoms with Gasteiger partial charge in [0.1, 0.15) is 12.6 Å². The zero-order chi connectivity index (χ0) is 27.3. The SMILES string of the molecule is CNC(=O)[C@H](C)N(Cc1ccc(C)cc1)C(=O)CN(c1cccc(Cl)c1C)S(=O)(=O)c1ccc(C)cc1. The van der Waals surface area contributed by atoms with Crippen molar-refractivity contribution < 1.29 is 18.0 Å². The summed E-state index contributed by atoms with van der Waals surface area (Å²) < 4.78 is 28.8.